The lowest BCUT2D eigenvalue weighted by Crippen LogP contribution is -2.52. The standard InChI is InChI=1S/C14H29N3O2/c1-4-7-15-13(14(18)19)6-8-17-10-9-16(3)12(5-2)11-17/h12-13,15H,4-11H2,1-3H3,(H,18,19). The van der Waals surface area contributed by atoms with Crippen LogP contribution in [-0.4, -0.2) is 72.7 Å². The van der Waals surface area contributed by atoms with Gasteiger partial charge in [-0.1, -0.05) is 13.8 Å². The van der Waals surface area contributed by atoms with E-state index in [0.29, 0.717) is 12.5 Å². The molecule has 2 unspecified atom stereocenters. The van der Waals surface area contributed by atoms with E-state index in [1.54, 1.807) is 0 Å². The van der Waals surface area contributed by atoms with Gasteiger partial charge in [0, 0.05) is 32.2 Å². The zero-order chi connectivity index (χ0) is 14.3. The van der Waals surface area contributed by atoms with Crippen LogP contribution in [-0.2, 0) is 4.79 Å². The molecule has 112 valence electrons. The lowest BCUT2D eigenvalue weighted by molar-refractivity contribution is -0.139. The zero-order valence-corrected chi connectivity index (χ0v) is 12.6. The molecule has 0 aromatic carbocycles. The van der Waals surface area contributed by atoms with Gasteiger partial charge in [-0.05, 0) is 32.9 Å². The Balaban J connectivity index is 2.35. The normalized spacial score (nSPS) is 23.4. The van der Waals surface area contributed by atoms with E-state index < -0.39 is 12.0 Å². The summed E-state index contributed by atoms with van der Waals surface area (Å²) in [7, 11) is 2.17. The third-order valence-corrected chi connectivity index (χ3v) is 4.01. The summed E-state index contributed by atoms with van der Waals surface area (Å²) >= 11 is 0. The van der Waals surface area contributed by atoms with Crippen LogP contribution >= 0.6 is 0 Å². The molecule has 0 radical (unpaired) electrons. The average Bonchev–Trinajstić information content (AvgIpc) is 2.40. The van der Waals surface area contributed by atoms with Crippen LogP contribution in [0.4, 0.5) is 0 Å². The summed E-state index contributed by atoms with van der Waals surface area (Å²) < 4.78 is 0. The number of rotatable bonds is 8. The van der Waals surface area contributed by atoms with Crippen molar-refractivity contribution in [1.29, 1.82) is 0 Å². The van der Waals surface area contributed by atoms with Gasteiger partial charge in [0.2, 0.25) is 0 Å². The second-order valence-corrected chi connectivity index (χ2v) is 5.48. The largest absolute Gasteiger partial charge is 0.480 e. The lowest BCUT2D eigenvalue weighted by atomic mass is 10.1. The Morgan fingerprint density at radius 1 is 1.42 bits per heavy atom. The highest BCUT2D eigenvalue weighted by atomic mass is 16.4. The fourth-order valence-electron chi connectivity index (χ4n) is 2.60. The molecule has 1 aliphatic rings. The van der Waals surface area contributed by atoms with Crippen LogP contribution in [0.3, 0.4) is 0 Å². The van der Waals surface area contributed by atoms with E-state index in [0.717, 1.165) is 45.6 Å². The van der Waals surface area contributed by atoms with Gasteiger partial charge in [-0.25, -0.2) is 0 Å². The Bertz CT molecular complexity index is 273. The van der Waals surface area contributed by atoms with Gasteiger partial charge in [0.15, 0.2) is 0 Å². The van der Waals surface area contributed by atoms with Crippen molar-refractivity contribution >= 4 is 5.97 Å². The number of likely N-dealkylation sites (N-methyl/N-ethyl adjacent to an activating group) is 1. The Morgan fingerprint density at radius 3 is 2.74 bits per heavy atom. The van der Waals surface area contributed by atoms with Gasteiger partial charge in [-0.15, -0.1) is 0 Å². The van der Waals surface area contributed by atoms with Crippen molar-refractivity contribution < 1.29 is 9.90 Å². The van der Waals surface area contributed by atoms with Crippen LogP contribution in [0.5, 0.6) is 0 Å². The number of hydrogen-bond acceptors (Lipinski definition) is 4. The number of carboxylic acid groups (broad SMARTS) is 1. The molecule has 1 rings (SSSR count). The summed E-state index contributed by atoms with van der Waals surface area (Å²) in [6.07, 6.45) is 2.81. The maximum Gasteiger partial charge on any atom is 0.320 e. The molecule has 0 bridgehead atoms. The van der Waals surface area contributed by atoms with E-state index in [1.807, 2.05) is 0 Å². The van der Waals surface area contributed by atoms with E-state index in [9.17, 15) is 9.90 Å². The molecule has 0 spiro atoms. The summed E-state index contributed by atoms with van der Waals surface area (Å²) in [6, 6.07) is 0.209. The average molecular weight is 271 g/mol. The molecule has 1 fully saturated rings. The van der Waals surface area contributed by atoms with Crippen molar-refractivity contribution in [3.63, 3.8) is 0 Å². The smallest absolute Gasteiger partial charge is 0.320 e. The molecule has 19 heavy (non-hydrogen) atoms. The molecule has 0 aromatic heterocycles. The molecule has 0 aromatic rings. The topological polar surface area (TPSA) is 55.8 Å². The maximum atomic E-state index is 11.2. The minimum absolute atomic E-state index is 0.403. The first kappa shape index (κ1) is 16.4. The third-order valence-electron chi connectivity index (χ3n) is 4.01. The van der Waals surface area contributed by atoms with E-state index in [-0.39, 0.29) is 0 Å². The number of hydrogen-bond donors (Lipinski definition) is 2. The Kier molecular flexibility index (Phi) is 7.34. The Labute approximate surface area is 117 Å². The lowest BCUT2D eigenvalue weighted by Gasteiger charge is -2.39. The van der Waals surface area contributed by atoms with Crippen LogP contribution < -0.4 is 5.32 Å². The van der Waals surface area contributed by atoms with Crippen molar-refractivity contribution in [1.82, 2.24) is 15.1 Å². The fourth-order valence-corrected chi connectivity index (χ4v) is 2.60. The second-order valence-electron chi connectivity index (χ2n) is 5.48. The highest BCUT2D eigenvalue weighted by Crippen LogP contribution is 2.11. The summed E-state index contributed by atoms with van der Waals surface area (Å²) in [4.78, 5) is 16.0. The van der Waals surface area contributed by atoms with Crippen LogP contribution in [0, 0.1) is 0 Å². The first-order valence-corrected chi connectivity index (χ1v) is 7.47. The van der Waals surface area contributed by atoms with Gasteiger partial charge in [-0.3, -0.25) is 4.79 Å². The monoisotopic (exact) mass is 271 g/mol. The summed E-state index contributed by atoms with van der Waals surface area (Å²) in [6.45, 7) is 9.11. The molecule has 2 N–H and O–H groups in total. The minimum atomic E-state index is -0.727. The van der Waals surface area contributed by atoms with Gasteiger partial charge >= 0.3 is 5.97 Å². The van der Waals surface area contributed by atoms with E-state index in [1.165, 1.54) is 0 Å². The van der Waals surface area contributed by atoms with Crippen LogP contribution in [0.25, 0.3) is 0 Å². The van der Waals surface area contributed by atoms with Crippen molar-refractivity contribution in [2.24, 2.45) is 0 Å². The Hall–Kier alpha value is -0.650. The van der Waals surface area contributed by atoms with E-state index >= 15 is 0 Å². The molecule has 1 aliphatic heterocycles. The van der Waals surface area contributed by atoms with Crippen molar-refractivity contribution in [2.75, 3.05) is 39.8 Å². The summed E-state index contributed by atoms with van der Waals surface area (Å²) in [5.41, 5.74) is 0. The predicted octanol–water partition coefficient (Wildman–Crippen LogP) is 0.855. The molecular formula is C14H29N3O2. The van der Waals surface area contributed by atoms with Gasteiger partial charge in [-0.2, -0.15) is 0 Å². The molecular weight excluding hydrogens is 242 g/mol. The first-order chi connectivity index (χ1) is 9.08. The molecule has 2 atom stereocenters. The molecule has 1 heterocycles. The van der Waals surface area contributed by atoms with Gasteiger partial charge in [0.25, 0.3) is 0 Å². The van der Waals surface area contributed by atoms with Crippen LogP contribution in [0.2, 0.25) is 0 Å². The fraction of sp³-hybridized carbons (Fsp3) is 0.929. The van der Waals surface area contributed by atoms with Gasteiger partial charge < -0.3 is 20.2 Å². The molecule has 0 aliphatic carbocycles. The number of carboxylic acids is 1. The number of piperazine rings is 1. The van der Waals surface area contributed by atoms with Gasteiger partial charge in [0.05, 0.1) is 0 Å². The number of nitrogens with one attached hydrogen (secondary N) is 1. The molecule has 0 amide bonds. The van der Waals surface area contributed by atoms with E-state index in [2.05, 4.69) is 36.0 Å². The van der Waals surface area contributed by atoms with Crippen molar-refractivity contribution in [3.05, 3.63) is 0 Å². The maximum absolute atomic E-state index is 11.2. The number of aliphatic carboxylic acids is 1. The van der Waals surface area contributed by atoms with Crippen molar-refractivity contribution in [2.45, 2.75) is 45.2 Å². The SMILES string of the molecule is CCCNC(CCN1CCN(C)C(CC)C1)C(=O)O. The van der Waals surface area contributed by atoms with Gasteiger partial charge in [0.1, 0.15) is 6.04 Å². The third kappa shape index (κ3) is 5.47. The zero-order valence-electron chi connectivity index (χ0n) is 12.6. The van der Waals surface area contributed by atoms with Crippen LogP contribution in [0.1, 0.15) is 33.1 Å². The highest BCUT2D eigenvalue weighted by molar-refractivity contribution is 5.73. The Morgan fingerprint density at radius 2 is 2.16 bits per heavy atom. The molecule has 0 saturated carbocycles. The van der Waals surface area contributed by atoms with Crippen LogP contribution in [0.15, 0.2) is 0 Å². The molecule has 1 saturated heterocycles. The summed E-state index contributed by atoms with van der Waals surface area (Å²) in [5.74, 6) is -0.727. The van der Waals surface area contributed by atoms with Crippen molar-refractivity contribution in [3.8, 4) is 0 Å². The number of carbonyl (C=O) groups is 1. The second kappa shape index (κ2) is 8.51. The first-order valence-electron chi connectivity index (χ1n) is 7.47. The molecule has 5 heteroatoms. The van der Waals surface area contributed by atoms with E-state index in [4.69, 9.17) is 0 Å². The predicted molar refractivity (Wildman–Crippen MR) is 77.5 cm³/mol. The summed E-state index contributed by atoms with van der Waals surface area (Å²) in [5, 5.41) is 12.3. The highest BCUT2D eigenvalue weighted by Gasteiger charge is 2.24. The quantitative estimate of drug-likeness (QED) is 0.685. The minimum Gasteiger partial charge on any atom is -0.480 e. The number of nitrogens with zero attached hydrogens (tertiary/aromatic N) is 2. The molecule has 5 nitrogen and oxygen atoms in total.